The minimum atomic E-state index is 0.0385. The van der Waals surface area contributed by atoms with Crippen molar-refractivity contribution >= 4 is 5.91 Å². The molecule has 0 saturated carbocycles. The van der Waals surface area contributed by atoms with Crippen LogP contribution in [0.25, 0.3) is 0 Å². The van der Waals surface area contributed by atoms with Gasteiger partial charge in [0.2, 0.25) is 5.91 Å². The van der Waals surface area contributed by atoms with Crippen LogP contribution in [0.3, 0.4) is 0 Å². The summed E-state index contributed by atoms with van der Waals surface area (Å²) in [5.74, 6) is 1.05. The summed E-state index contributed by atoms with van der Waals surface area (Å²) in [6.45, 7) is 3.03. The summed E-state index contributed by atoms with van der Waals surface area (Å²) in [4.78, 5) is 14.1. The SMILES string of the molecule is O=C(C1CCOC1)N1CC(n2cc(COc3ccccc3)nn2)C1. The summed E-state index contributed by atoms with van der Waals surface area (Å²) >= 11 is 0. The number of aromatic nitrogens is 3. The Morgan fingerprint density at radius 1 is 1.29 bits per heavy atom. The lowest BCUT2D eigenvalue weighted by molar-refractivity contribution is -0.141. The molecule has 24 heavy (non-hydrogen) atoms. The van der Waals surface area contributed by atoms with Gasteiger partial charge in [-0.25, -0.2) is 4.68 Å². The van der Waals surface area contributed by atoms with Crippen molar-refractivity contribution < 1.29 is 14.3 Å². The highest BCUT2D eigenvalue weighted by atomic mass is 16.5. The Bertz CT molecular complexity index is 691. The zero-order valence-corrected chi connectivity index (χ0v) is 13.4. The summed E-state index contributed by atoms with van der Waals surface area (Å²) in [6.07, 6.45) is 2.73. The van der Waals surface area contributed by atoms with Crippen LogP contribution in [-0.2, 0) is 16.1 Å². The van der Waals surface area contributed by atoms with E-state index >= 15 is 0 Å². The van der Waals surface area contributed by atoms with E-state index in [2.05, 4.69) is 10.3 Å². The van der Waals surface area contributed by atoms with E-state index in [1.54, 1.807) is 0 Å². The second-order valence-electron chi connectivity index (χ2n) is 6.25. The van der Waals surface area contributed by atoms with Crippen LogP contribution in [0, 0.1) is 5.92 Å². The molecule has 2 aromatic rings. The van der Waals surface area contributed by atoms with Crippen molar-refractivity contribution in [3.8, 4) is 5.75 Å². The number of rotatable bonds is 5. The maximum atomic E-state index is 12.2. The number of carbonyl (C=O) groups is 1. The van der Waals surface area contributed by atoms with Crippen LogP contribution < -0.4 is 4.74 Å². The van der Waals surface area contributed by atoms with Crippen molar-refractivity contribution in [3.05, 3.63) is 42.2 Å². The van der Waals surface area contributed by atoms with Crippen LogP contribution >= 0.6 is 0 Å². The largest absolute Gasteiger partial charge is 0.487 e. The van der Waals surface area contributed by atoms with Gasteiger partial charge in [-0.15, -0.1) is 5.10 Å². The number of para-hydroxylation sites is 1. The number of amides is 1. The van der Waals surface area contributed by atoms with E-state index in [-0.39, 0.29) is 17.9 Å². The first-order chi connectivity index (χ1) is 11.8. The fourth-order valence-electron chi connectivity index (χ4n) is 3.02. The molecule has 2 saturated heterocycles. The van der Waals surface area contributed by atoms with E-state index in [1.165, 1.54) is 0 Å². The highest BCUT2D eigenvalue weighted by Gasteiger charge is 2.37. The van der Waals surface area contributed by atoms with E-state index < -0.39 is 0 Å². The molecule has 0 bridgehead atoms. The minimum Gasteiger partial charge on any atom is -0.487 e. The molecule has 1 aromatic carbocycles. The molecular weight excluding hydrogens is 308 g/mol. The first kappa shape index (κ1) is 15.1. The van der Waals surface area contributed by atoms with Gasteiger partial charge in [0.05, 0.1) is 24.8 Å². The van der Waals surface area contributed by atoms with Gasteiger partial charge in [0.25, 0.3) is 0 Å². The summed E-state index contributed by atoms with van der Waals surface area (Å²) in [6, 6.07) is 9.83. The van der Waals surface area contributed by atoms with Gasteiger partial charge in [0, 0.05) is 19.7 Å². The maximum absolute atomic E-state index is 12.2. The van der Waals surface area contributed by atoms with Gasteiger partial charge in [0.1, 0.15) is 18.1 Å². The Morgan fingerprint density at radius 2 is 2.12 bits per heavy atom. The molecule has 1 unspecified atom stereocenters. The highest BCUT2D eigenvalue weighted by molar-refractivity contribution is 5.80. The smallest absolute Gasteiger partial charge is 0.228 e. The number of nitrogens with zero attached hydrogens (tertiary/aromatic N) is 4. The average Bonchev–Trinajstić information content (AvgIpc) is 3.24. The summed E-state index contributed by atoms with van der Waals surface area (Å²) in [5.41, 5.74) is 0.785. The molecule has 2 fully saturated rings. The van der Waals surface area contributed by atoms with Crippen LogP contribution in [0.2, 0.25) is 0 Å². The van der Waals surface area contributed by atoms with Crippen LogP contribution in [0.1, 0.15) is 18.2 Å². The summed E-state index contributed by atoms with van der Waals surface area (Å²) in [5, 5.41) is 8.31. The summed E-state index contributed by atoms with van der Waals surface area (Å²) in [7, 11) is 0. The first-order valence-corrected chi connectivity index (χ1v) is 8.24. The van der Waals surface area contributed by atoms with Crippen molar-refractivity contribution in [1.29, 1.82) is 0 Å². The minimum absolute atomic E-state index is 0.0385. The Balaban J connectivity index is 1.28. The van der Waals surface area contributed by atoms with E-state index in [0.717, 1.165) is 17.9 Å². The maximum Gasteiger partial charge on any atom is 0.228 e. The summed E-state index contributed by atoms with van der Waals surface area (Å²) < 4.78 is 12.8. The number of carbonyl (C=O) groups excluding carboxylic acids is 1. The topological polar surface area (TPSA) is 69.5 Å². The lowest BCUT2D eigenvalue weighted by Gasteiger charge is -2.40. The van der Waals surface area contributed by atoms with Gasteiger partial charge in [-0.05, 0) is 18.6 Å². The number of ether oxygens (including phenoxy) is 2. The van der Waals surface area contributed by atoms with Crippen molar-refractivity contribution in [2.45, 2.75) is 19.1 Å². The van der Waals surface area contributed by atoms with E-state index in [4.69, 9.17) is 9.47 Å². The Hall–Kier alpha value is -2.41. The van der Waals surface area contributed by atoms with Crippen LogP contribution in [0.4, 0.5) is 0 Å². The van der Waals surface area contributed by atoms with Gasteiger partial charge in [-0.1, -0.05) is 23.4 Å². The average molecular weight is 328 g/mol. The van der Waals surface area contributed by atoms with Crippen molar-refractivity contribution in [1.82, 2.24) is 19.9 Å². The molecule has 0 radical (unpaired) electrons. The molecule has 1 aromatic heterocycles. The zero-order chi connectivity index (χ0) is 16.4. The third kappa shape index (κ3) is 3.12. The fraction of sp³-hybridized carbons (Fsp3) is 0.471. The third-order valence-electron chi connectivity index (χ3n) is 4.51. The second kappa shape index (κ2) is 6.60. The number of benzene rings is 1. The van der Waals surface area contributed by atoms with Crippen LogP contribution in [-0.4, -0.2) is 52.1 Å². The predicted octanol–water partition coefficient (Wildman–Crippen LogP) is 1.28. The van der Waals surface area contributed by atoms with Crippen molar-refractivity contribution in [3.63, 3.8) is 0 Å². The molecule has 7 heteroatoms. The number of hydrogen-bond acceptors (Lipinski definition) is 5. The normalized spacial score (nSPS) is 20.8. The molecule has 126 valence electrons. The lowest BCUT2D eigenvalue weighted by Crippen LogP contribution is -2.52. The Labute approximate surface area is 140 Å². The van der Waals surface area contributed by atoms with E-state index in [0.29, 0.717) is 32.9 Å². The molecule has 2 aliphatic heterocycles. The predicted molar refractivity (Wildman–Crippen MR) is 85.3 cm³/mol. The molecular formula is C17H20N4O3. The fourth-order valence-corrected chi connectivity index (χ4v) is 3.02. The zero-order valence-electron chi connectivity index (χ0n) is 13.4. The Kier molecular flexibility index (Phi) is 4.17. The molecule has 0 N–H and O–H groups in total. The van der Waals surface area contributed by atoms with Gasteiger partial charge in [-0.3, -0.25) is 4.79 Å². The molecule has 3 heterocycles. The van der Waals surface area contributed by atoms with Gasteiger partial charge in [-0.2, -0.15) is 0 Å². The number of hydrogen-bond donors (Lipinski definition) is 0. The molecule has 4 rings (SSSR count). The molecule has 0 aliphatic carbocycles. The van der Waals surface area contributed by atoms with E-state index in [1.807, 2.05) is 46.1 Å². The molecule has 1 atom stereocenters. The van der Waals surface area contributed by atoms with Crippen LogP contribution in [0.5, 0.6) is 5.75 Å². The monoisotopic (exact) mass is 328 g/mol. The van der Waals surface area contributed by atoms with Gasteiger partial charge < -0.3 is 14.4 Å². The van der Waals surface area contributed by atoms with Crippen molar-refractivity contribution in [2.24, 2.45) is 5.92 Å². The molecule has 0 spiro atoms. The van der Waals surface area contributed by atoms with Crippen molar-refractivity contribution in [2.75, 3.05) is 26.3 Å². The van der Waals surface area contributed by atoms with Gasteiger partial charge >= 0.3 is 0 Å². The first-order valence-electron chi connectivity index (χ1n) is 8.24. The highest BCUT2D eigenvalue weighted by Crippen LogP contribution is 2.25. The lowest BCUT2D eigenvalue weighted by atomic mass is 10.0. The molecule has 7 nitrogen and oxygen atoms in total. The Morgan fingerprint density at radius 3 is 2.88 bits per heavy atom. The third-order valence-corrected chi connectivity index (χ3v) is 4.51. The standard InChI is InChI=1S/C17H20N4O3/c22-17(13-6-7-23-11-13)20-9-15(10-20)21-8-14(18-19-21)12-24-16-4-2-1-3-5-16/h1-5,8,13,15H,6-7,9-12H2. The quantitative estimate of drug-likeness (QED) is 0.827. The van der Waals surface area contributed by atoms with Gasteiger partial charge in [0.15, 0.2) is 0 Å². The molecule has 2 aliphatic rings. The number of likely N-dealkylation sites (tertiary alicyclic amines) is 1. The van der Waals surface area contributed by atoms with Crippen LogP contribution in [0.15, 0.2) is 36.5 Å². The van der Waals surface area contributed by atoms with E-state index in [9.17, 15) is 4.79 Å². The molecule has 1 amide bonds. The second-order valence-corrected chi connectivity index (χ2v) is 6.25.